The van der Waals surface area contributed by atoms with Crippen molar-refractivity contribution in [2.24, 2.45) is 0 Å². The van der Waals surface area contributed by atoms with Gasteiger partial charge in [0.1, 0.15) is 17.3 Å². The van der Waals surface area contributed by atoms with Crippen molar-refractivity contribution in [3.8, 4) is 5.69 Å². The zero-order chi connectivity index (χ0) is 19.5. The molecule has 0 radical (unpaired) electrons. The summed E-state index contributed by atoms with van der Waals surface area (Å²) in [6.45, 7) is 2.01. The first-order chi connectivity index (χ1) is 13.6. The van der Waals surface area contributed by atoms with Crippen LogP contribution in [0.5, 0.6) is 0 Å². The molecule has 0 amide bonds. The third-order valence-electron chi connectivity index (χ3n) is 4.69. The van der Waals surface area contributed by atoms with E-state index in [1.165, 1.54) is 22.9 Å². The molecule has 2 aromatic carbocycles. The Morgan fingerprint density at radius 3 is 2.71 bits per heavy atom. The molecule has 144 valence electrons. The molecule has 0 saturated carbocycles. The molecule has 0 unspecified atom stereocenters. The Morgan fingerprint density at radius 1 is 1.18 bits per heavy atom. The zero-order valence-electron chi connectivity index (χ0n) is 15.1. The second-order valence-electron chi connectivity index (χ2n) is 6.64. The number of aromatic nitrogens is 2. The van der Waals surface area contributed by atoms with E-state index in [2.05, 4.69) is 10.4 Å². The van der Waals surface area contributed by atoms with Crippen LogP contribution in [0, 0.1) is 11.6 Å². The Bertz CT molecular complexity index is 980. The van der Waals surface area contributed by atoms with Crippen LogP contribution < -0.4 is 5.32 Å². The molecule has 4 rings (SSSR count). The van der Waals surface area contributed by atoms with Gasteiger partial charge in [-0.3, -0.25) is 4.79 Å². The topological polar surface area (TPSA) is 56.1 Å². The fraction of sp³-hybridized carbons (Fsp3) is 0.238. The van der Waals surface area contributed by atoms with Gasteiger partial charge in [0.2, 0.25) is 0 Å². The molecule has 1 aliphatic rings. The van der Waals surface area contributed by atoms with Gasteiger partial charge in [-0.15, -0.1) is 0 Å². The van der Waals surface area contributed by atoms with Crippen LogP contribution in [-0.2, 0) is 11.2 Å². The fourth-order valence-corrected chi connectivity index (χ4v) is 3.16. The Morgan fingerprint density at radius 2 is 2.00 bits per heavy atom. The summed E-state index contributed by atoms with van der Waals surface area (Å²) in [5, 5.41) is 7.43. The van der Waals surface area contributed by atoms with Crippen LogP contribution in [0.3, 0.4) is 0 Å². The van der Waals surface area contributed by atoms with E-state index in [-0.39, 0.29) is 29.8 Å². The van der Waals surface area contributed by atoms with E-state index in [1.54, 1.807) is 36.5 Å². The number of nitrogens with zero attached hydrogens (tertiary/aromatic N) is 2. The van der Waals surface area contributed by atoms with Crippen LogP contribution >= 0.6 is 0 Å². The van der Waals surface area contributed by atoms with Gasteiger partial charge in [-0.25, -0.2) is 13.5 Å². The molecule has 0 bridgehead atoms. The van der Waals surface area contributed by atoms with E-state index in [4.69, 9.17) is 4.74 Å². The normalized spacial score (nSPS) is 16.9. The van der Waals surface area contributed by atoms with Crippen LogP contribution in [0.25, 0.3) is 5.69 Å². The van der Waals surface area contributed by atoms with Gasteiger partial charge in [-0.05, 0) is 47.5 Å². The molecular formula is C21H19F2N3O2. The minimum absolute atomic E-state index is 0.0870. The molecule has 5 nitrogen and oxygen atoms in total. The van der Waals surface area contributed by atoms with Gasteiger partial charge >= 0.3 is 0 Å². The third kappa shape index (κ3) is 4.00. The Hall–Kier alpha value is -2.90. The van der Waals surface area contributed by atoms with Gasteiger partial charge in [0.25, 0.3) is 0 Å². The van der Waals surface area contributed by atoms with Crippen molar-refractivity contribution in [1.29, 1.82) is 0 Å². The van der Waals surface area contributed by atoms with Crippen LogP contribution in [0.1, 0.15) is 27.7 Å². The molecule has 1 saturated heterocycles. The average molecular weight is 383 g/mol. The fourth-order valence-electron chi connectivity index (χ4n) is 3.16. The number of rotatable bonds is 5. The van der Waals surface area contributed by atoms with E-state index in [0.717, 1.165) is 12.1 Å². The summed E-state index contributed by atoms with van der Waals surface area (Å²) in [6, 6.07) is 12.2. The van der Waals surface area contributed by atoms with E-state index in [1.807, 2.05) is 0 Å². The molecule has 3 aromatic rings. The zero-order valence-corrected chi connectivity index (χ0v) is 15.1. The van der Waals surface area contributed by atoms with E-state index < -0.39 is 5.82 Å². The summed E-state index contributed by atoms with van der Waals surface area (Å²) >= 11 is 0. The molecule has 1 aromatic heterocycles. The van der Waals surface area contributed by atoms with Crippen LogP contribution in [0.4, 0.5) is 8.78 Å². The number of nitrogens with one attached hydrogen (secondary N) is 1. The number of morpholine rings is 1. The maximum atomic E-state index is 14.5. The van der Waals surface area contributed by atoms with Crippen LogP contribution in [0.2, 0.25) is 0 Å². The molecular weight excluding hydrogens is 364 g/mol. The molecule has 1 N–H and O–H groups in total. The Balaban J connectivity index is 1.47. The number of benzene rings is 2. The highest BCUT2D eigenvalue weighted by molar-refractivity contribution is 5.95. The molecule has 1 aliphatic heterocycles. The lowest BCUT2D eigenvalue weighted by Crippen LogP contribution is -2.33. The SMILES string of the molecule is O=C(Cc1ccc([C@H]2CNCCO2)cc1F)c1ccn(-c2ccc(F)cc2)n1. The van der Waals surface area contributed by atoms with Crippen molar-refractivity contribution in [3.05, 3.63) is 83.2 Å². The van der Waals surface area contributed by atoms with Crippen LogP contribution in [0.15, 0.2) is 54.7 Å². The summed E-state index contributed by atoms with van der Waals surface area (Å²) in [6.07, 6.45) is 1.35. The first-order valence-corrected chi connectivity index (χ1v) is 9.05. The number of carbonyl (C=O) groups excluding carboxylic acids is 1. The molecule has 0 spiro atoms. The predicted molar refractivity (Wildman–Crippen MR) is 99.5 cm³/mol. The standard InChI is InChI=1S/C21H19F2N3O2/c22-16-3-5-17(6-4-16)26-9-7-19(25-26)20(27)12-14-1-2-15(11-18(14)23)21-13-24-8-10-28-21/h1-7,9,11,21,24H,8,10,12-13H2/t21-/m1/s1. The lowest BCUT2D eigenvalue weighted by atomic mass is 10.0. The monoisotopic (exact) mass is 383 g/mol. The summed E-state index contributed by atoms with van der Waals surface area (Å²) in [5.41, 5.74) is 1.93. The summed E-state index contributed by atoms with van der Waals surface area (Å²) in [5.74, 6) is -1.07. The number of carbonyl (C=O) groups is 1. The number of halogens is 2. The van der Waals surface area contributed by atoms with Gasteiger partial charge in [-0.1, -0.05) is 12.1 Å². The Labute approximate surface area is 160 Å². The summed E-state index contributed by atoms with van der Waals surface area (Å²) in [4.78, 5) is 12.5. The minimum Gasteiger partial charge on any atom is -0.371 e. The largest absolute Gasteiger partial charge is 0.371 e. The van der Waals surface area contributed by atoms with Crippen molar-refractivity contribution >= 4 is 5.78 Å². The summed E-state index contributed by atoms with van der Waals surface area (Å²) < 4.78 is 34.6. The van der Waals surface area contributed by atoms with E-state index >= 15 is 0 Å². The third-order valence-corrected chi connectivity index (χ3v) is 4.69. The molecule has 2 heterocycles. The first-order valence-electron chi connectivity index (χ1n) is 9.05. The highest BCUT2D eigenvalue weighted by atomic mass is 19.1. The number of hydrogen-bond acceptors (Lipinski definition) is 4. The van der Waals surface area contributed by atoms with E-state index in [0.29, 0.717) is 24.4 Å². The average Bonchev–Trinajstić information content (AvgIpc) is 3.21. The minimum atomic E-state index is -0.432. The van der Waals surface area contributed by atoms with Crippen molar-refractivity contribution in [3.63, 3.8) is 0 Å². The number of ether oxygens (including phenoxy) is 1. The van der Waals surface area contributed by atoms with Gasteiger partial charge in [0.15, 0.2) is 5.78 Å². The van der Waals surface area contributed by atoms with Gasteiger partial charge in [0.05, 0.1) is 18.4 Å². The molecule has 1 fully saturated rings. The first kappa shape index (κ1) is 18.5. The number of Topliss-reactive ketones (excluding diaryl/α,β-unsaturated/α-hetero) is 1. The molecule has 1 atom stereocenters. The lowest BCUT2D eigenvalue weighted by molar-refractivity contribution is 0.0275. The van der Waals surface area contributed by atoms with Crippen molar-refractivity contribution in [2.75, 3.05) is 19.7 Å². The van der Waals surface area contributed by atoms with Crippen LogP contribution in [-0.4, -0.2) is 35.3 Å². The second-order valence-corrected chi connectivity index (χ2v) is 6.64. The van der Waals surface area contributed by atoms with Crippen molar-refractivity contribution < 1.29 is 18.3 Å². The summed E-state index contributed by atoms with van der Waals surface area (Å²) in [7, 11) is 0. The maximum absolute atomic E-state index is 14.5. The lowest BCUT2D eigenvalue weighted by Gasteiger charge is -2.24. The molecule has 0 aliphatic carbocycles. The molecule has 28 heavy (non-hydrogen) atoms. The van der Waals surface area contributed by atoms with Crippen molar-refractivity contribution in [1.82, 2.24) is 15.1 Å². The highest BCUT2D eigenvalue weighted by Crippen LogP contribution is 2.22. The van der Waals surface area contributed by atoms with Gasteiger partial charge < -0.3 is 10.1 Å². The molecule has 7 heteroatoms. The highest BCUT2D eigenvalue weighted by Gasteiger charge is 2.19. The quantitative estimate of drug-likeness (QED) is 0.688. The maximum Gasteiger partial charge on any atom is 0.187 e. The van der Waals surface area contributed by atoms with Gasteiger partial charge in [0, 0.05) is 25.7 Å². The Kier molecular flexibility index (Phi) is 5.27. The predicted octanol–water partition coefficient (Wildman–Crippen LogP) is 3.24. The smallest absolute Gasteiger partial charge is 0.187 e. The van der Waals surface area contributed by atoms with E-state index in [9.17, 15) is 13.6 Å². The number of hydrogen-bond donors (Lipinski definition) is 1. The number of ketones is 1. The van der Waals surface area contributed by atoms with Gasteiger partial charge in [-0.2, -0.15) is 5.10 Å². The second kappa shape index (κ2) is 8.00. The van der Waals surface area contributed by atoms with Crippen molar-refractivity contribution in [2.45, 2.75) is 12.5 Å².